The molecule has 1 saturated carbocycles. The largest absolute Gasteiger partial charge is 0.392 e. The van der Waals surface area contributed by atoms with Crippen LogP contribution in [0.1, 0.15) is 24.8 Å². The minimum absolute atomic E-state index is 0.0466. The van der Waals surface area contributed by atoms with Gasteiger partial charge in [-0.15, -0.1) is 0 Å². The summed E-state index contributed by atoms with van der Waals surface area (Å²) in [5.41, 5.74) is 4.11. The number of hydrogen-bond donors (Lipinski definition) is 2. The summed E-state index contributed by atoms with van der Waals surface area (Å²) >= 11 is 0. The number of para-hydroxylation sites is 2. The summed E-state index contributed by atoms with van der Waals surface area (Å²) in [5, 5.41) is 12.8. The Hall–Kier alpha value is -2.66. The lowest BCUT2D eigenvalue weighted by Gasteiger charge is -2.14. The van der Waals surface area contributed by atoms with E-state index in [1.807, 2.05) is 59.4 Å². The van der Waals surface area contributed by atoms with Gasteiger partial charge >= 0.3 is 0 Å². The zero-order valence-electron chi connectivity index (χ0n) is 13.9. The van der Waals surface area contributed by atoms with Crippen LogP contribution in [0.25, 0.3) is 16.7 Å². The number of aliphatic hydroxyl groups is 1. The topological polar surface area (TPSA) is 67.2 Å². The average Bonchev–Trinajstić information content (AvgIpc) is 3.26. The molecule has 5 heteroatoms. The standard InChI is InChI=1S/C20H21N3O2/c24-19-7-3-4-16(19)20(25)21-12-14-8-10-15(11-9-14)23-13-22-17-5-1-2-6-18(17)23/h1-2,5-6,8-11,13,16,19,24H,3-4,7,12H2,(H,21,25). The number of imidazole rings is 1. The monoisotopic (exact) mass is 335 g/mol. The lowest BCUT2D eigenvalue weighted by molar-refractivity contribution is -0.127. The van der Waals surface area contributed by atoms with Crippen molar-refractivity contribution in [1.82, 2.24) is 14.9 Å². The molecule has 0 spiro atoms. The van der Waals surface area contributed by atoms with Crippen molar-refractivity contribution in [2.75, 3.05) is 0 Å². The molecule has 0 saturated heterocycles. The number of fused-ring (bicyclic) bond motifs is 1. The Balaban J connectivity index is 1.44. The molecule has 2 atom stereocenters. The van der Waals surface area contributed by atoms with E-state index in [0.717, 1.165) is 41.5 Å². The Morgan fingerprint density at radius 2 is 1.96 bits per heavy atom. The molecule has 0 radical (unpaired) electrons. The molecule has 5 nitrogen and oxygen atoms in total. The predicted molar refractivity (Wildman–Crippen MR) is 96.3 cm³/mol. The fraction of sp³-hybridized carbons (Fsp3) is 0.300. The highest BCUT2D eigenvalue weighted by Gasteiger charge is 2.31. The van der Waals surface area contributed by atoms with Crippen LogP contribution in [0.15, 0.2) is 54.9 Å². The number of carbonyl (C=O) groups is 1. The summed E-state index contributed by atoms with van der Waals surface area (Å²) in [6, 6.07) is 16.1. The van der Waals surface area contributed by atoms with Crippen molar-refractivity contribution in [2.24, 2.45) is 5.92 Å². The summed E-state index contributed by atoms with van der Waals surface area (Å²) < 4.78 is 2.05. The van der Waals surface area contributed by atoms with Crippen molar-refractivity contribution >= 4 is 16.9 Å². The third-order valence-electron chi connectivity index (χ3n) is 4.95. The minimum atomic E-state index is -0.489. The van der Waals surface area contributed by atoms with Crippen LogP contribution in [-0.4, -0.2) is 26.7 Å². The maximum atomic E-state index is 12.1. The second-order valence-corrected chi connectivity index (χ2v) is 6.59. The van der Waals surface area contributed by atoms with Crippen molar-refractivity contribution in [2.45, 2.75) is 31.9 Å². The molecular formula is C20H21N3O2. The van der Waals surface area contributed by atoms with Gasteiger partial charge < -0.3 is 10.4 Å². The Morgan fingerprint density at radius 1 is 1.16 bits per heavy atom. The molecular weight excluding hydrogens is 314 g/mol. The third-order valence-corrected chi connectivity index (χ3v) is 4.95. The first-order valence-corrected chi connectivity index (χ1v) is 8.69. The quantitative estimate of drug-likeness (QED) is 0.770. The maximum Gasteiger partial charge on any atom is 0.225 e. The van der Waals surface area contributed by atoms with E-state index in [4.69, 9.17) is 0 Å². The molecule has 25 heavy (non-hydrogen) atoms. The molecule has 3 aromatic rings. The normalized spacial score (nSPS) is 20.0. The fourth-order valence-electron chi connectivity index (χ4n) is 3.51. The molecule has 128 valence electrons. The van der Waals surface area contributed by atoms with Gasteiger partial charge in [0.1, 0.15) is 6.33 Å². The summed E-state index contributed by atoms with van der Waals surface area (Å²) in [4.78, 5) is 16.6. The van der Waals surface area contributed by atoms with Gasteiger partial charge in [-0.05, 0) is 49.1 Å². The van der Waals surface area contributed by atoms with E-state index >= 15 is 0 Å². The number of amides is 1. The van der Waals surface area contributed by atoms with Crippen LogP contribution in [0, 0.1) is 5.92 Å². The predicted octanol–water partition coefficient (Wildman–Crippen LogP) is 2.80. The van der Waals surface area contributed by atoms with E-state index in [-0.39, 0.29) is 11.8 Å². The molecule has 1 heterocycles. The average molecular weight is 335 g/mol. The molecule has 1 aliphatic carbocycles. The van der Waals surface area contributed by atoms with Gasteiger partial charge in [-0.3, -0.25) is 9.36 Å². The summed E-state index contributed by atoms with van der Waals surface area (Å²) in [6.07, 6.45) is 3.76. The van der Waals surface area contributed by atoms with Crippen LogP contribution in [0.5, 0.6) is 0 Å². The van der Waals surface area contributed by atoms with Gasteiger partial charge in [0.05, 0.1) is 23.1 Å². The number of carbonyl (C=O) groups excluding carboxylic acids is 1. The van der Waals surface area contributed by atoms with Gasteiger partial charge in [0.25, 0.3) is 0 Å². The SMILES string of the molecule is O=C(NCc1ccc(-n2cnc3ccccc32)cc1)C1CCCC1O. The van der Waals surface area contributed by atoms with Gasteiger partial charge in [-0.2, -0.15) is 0 Å². The number of hydrogen-bond acceptors (Lipinski definition) is 3. The van der Waals surface area contributed by atoms with Gasteiger partial charge in [-0.25, -0.2) is 4.98 Å². The van der Waals surface area contributed by atoms with Crippen LogP contribution in [0.2, 0.25) is 0 Å². The molecule has 2 N–H and O–H groups in total. The highest BCUT2D eigenvalue weighted by atomic mass is 16.3. The summed E-state index contributed by atoms with van der Waals surface area (Å²) in [6.45, 7) is 0.479. The molecule has 4 rings (SSSR count). The maximum absolute atomic E-state index is 12.1. The second kappa shape index (κ2) is 6.69. The number of benzene rings is 2. The molecule has 0 bridgehead atoms. The van der Waals surface area contributed by atoms with E-state index in [1.165, 1.54) is 0 Å². The van der Waals surface area contributed by atoms with Crippen LogP contribution >= 0.6 is 0 Å². The number of aliphatic hydroxyl groups excluding tert-OH is 1. The van der Waals surface area contributed by atoms with E-state index in [9.17, 15) is 9.90 Å². The van der Waals surface area contributed by atoms with Crippen molar-refractivity contribution in [3.63, 3.8) is 0 Å². The number of nitrogens with one attached hydrogen (secondary N) is 1. The highest BCUT2D eigenvalue weighted by molar-refractivity contribution is 5.79. The Labute approximate surface area is 146 Å². The van der Waals surface area contributed by atoms with Crippen molar-refractivity contribution in [1.29, 1.82) is 0 Å². The van der Waals surface area contributed by atoms with Gasteiger partial charge in [0.2, 0.25) is 5.91 Å². The molecule has 1 aliphatic rings. The first-order valence-electron chi connectivity index (χ1n) is 8.69. The molecule has 2 unspecified atom stereocenters. The first kappa shape index (κ1) is 15.8. The molecule has 1 amide bonds. The lowest BCUT2D eigenvalue weighted by Crippen LogP contribution is -2.34. The van der Waals surface area contributed by atoms with Crippen LogP contribution in [-0.2, 0) is 11.3 Å². The number of rotatable bonds is 4. The Kier molecular flexibility index (Phi) is 4.24. The molecule has 2 aromatic carbocycles. The van der Waals surface area contributed by atoms with E-state index in [1.54, 1.807) is 0 Å². The van der Waals surface area contributed by atoms with Crippen molar-refractivity contribution in [3.8, 4) is 5.69 Å². The minimum Gasteiger partial charge on any atom is -0.392 e. The Morgan fingerprint density at radius 3 is 2.72 bits per heavy atom. The van der Waals surface area contributed by atoms with Gasteiger partial charge in [0.15, 0.2) is 0 Å². The summed E-state index contributed by atoms with van der Waals surface area (Å²) in [5.74, 6) is -0.300. The summed E-state index contributed by atoms with van der Waals surface area (Å²) in [7, 11) is 0. The van der Waals surface area contributed by atoms with E-state index in [0.29, 0.717) is 6.54 Å². The van der Waals surface area contributed by atoms with Gasteiger partial charge in [-0.1, -0.05) is 24.3 Å². The fourth-order valence-corrected chi connectivity index (χ4v) is 3.51. The molecule has 0 aliphatic heterocycles. The first-order chi connectivity index (χ1) is 12.2. The van der Waals surface area contributed by atoms with Crippen molar-refractivity contribution < 1.29 is 9.90 Å². The zero-order valence-corrected chi connectivity index (χ0v) is 13.9. The zero-order chi connectivity index (χ0) is 17.2. The van der Waals surface area contributed by atoms with Crippen LogP contribution < -0.4 is 5.32 Å². The van der Waals surface area contributed by atoms with E-state index in [2.05, 4.69) is 10.3 Å². The number of aromatic nitrogens is 2. The second-order valence-electron chi connectivity index (χ2n) is 6.59. The number of nitrogens with zero attached hydrogens (tertiary/aromatic N) is 2. The highest BCUT2D eigenvalue weighted by Crippen LogP contribution is 2.25. The third kappa shape index (κ3) is 3.15. The van der Waals surface area contributed by atoms with Crippen LogP contribution in [0.3, 0.4) is 0 Å². The van der Waals surface area contributed by atoms with Crippen molar-refractivity contribution in [3.05, 3.63) is 60.4 Å². The molecule has 1 fully saturated rings. The Bertz CT molecular complexity index is 885. The van der Waals surface area contributed by atoms with Crippen LogP contribution in [0.4, 0.5) is 0 Å². The van der Waals surface area contributed by atoms with E-state index < -0.39 is 6.10 Å². The van der Waals surface area contributed by atoms with Gasteiger partial charge in [0, 0.05) is 12.2 Å². The lowest BCUT2D eigenvalue weighted by atomic mass is 10.1. The smallest absolute Gasteiger partial charge is 0.225 e. The molecule has 1 aromatic heterocycles.